The standard InChI is InChI=1S/C24H23ClN6O2/c1-2-31-20-14-17(11-10-16(20)6-5-9-22(31)32)28-24-27-15-18(25)23(30-24)29-19-7-3-4-8-21(19)33-13-12-26/h3-4,7-8,10-11,14-15H,2,5-6,9,13H2,1H3,(H2,27,28,29,30). The molecule has 0 spiro atoms. The molecule has 33 heavy (non-hydrogen) atoms. The van der Waals surface area contributed by atoms with E-state index in [0.717, 1.165) is 29.8 Å². The molecule has 1 amide bonds. The predicted octanol–water partition coefficient (Wildman–Crippen LogP) is 5.21. The van der Waals surface area contributed by atoms with Gasteiger partial charge in [-0.1, -0.05) is 29.8 Å². The van der Waals surface area contributed by atoms with Gasteiger partial charge in [0.25, 0.3) is 0 Å². The average Bonchev–Trinajstić information content (AvgIpc) is 2.98. The van der Waals surface area contributed by atoms with E-state index in [1.165, 1.54) is 6.20 Å². The van der Waals surface area contributed by atoms with Crippen molar-refractivity contribution in [1.82, 2.24) is 9.97 Å². The van der Waals surface area contributed by atoms with Crippen molar-refractivity contribution >= 4 is 46.3 Å². The Morgan fingerprint density at radius 3 is 2.88 bits per heavy atom. The first-order valence-electron chi connectivity index (χ1n) is 10.7. The summed E-state index contributed by atoms with van der Waals surface area (Å²) >= 11 is 6.32. The number of rotatable bonds is 7. The molecule has 2 heterocycles. The van der Waals surface area contributed by atoms with Gasteiger partial charge in [0, 0.05) is 24.3 Å². The first-order chi connectivity index (χ1) is 16.1. The summed E-state index contributed by atoms with van der Waals surface area (Å²) in [4.78, 5) is 23.1. The first-order valence-corrected chi connectivity index (χ1v) is 11.1. The Morgan fingerprint density at radius 2 is 2.06 bits per heavy atom. The molecule has 8 nitrogen and oxygen atoms in total. The smallest absolute Gasteiger partial charge is 0.229 e. The fraction of sp³-hybridized carbons (Fsp3) is 0.250. The van der Waals surface area contributed by atoms with Crippen LogP contribution in [0.25, 0.3) is 0 Å². The molecule has 0 fully saturated rings. The van der Waals surface area contributed by atoms with Crippen molar-refractivity contribution in [2.75, 3.05) is 28.7 Å². The highest BCUT2D eigenvalue weighted by atomic mass is 35.5. The maximum atomic E-state index is 12.5. The normalized spacial score (nSPS) is 13.0. The molecule has 0 saturated carbocycles. The fourth-order valence-electron chi connectivity index (χ4n) is 3.73. The Hall–Kier alpha value is -3.83. The number of carbonyl (C=O) groups excluding carboxylic acids is 1. The minimum Gasteiger partial charge on any atom is -0.477 e. The Morgan fingerprint density at radius 1 is 1.21 bits per heavy atom. The number of halogens is 1. The van der Waals surface area contributed by atoms with E-state index in [2.05, 4.69) is 20.6 Å². The number of para-hydroxylation sites is 2. The summed E-state index contributed by atoms with van der Waals surface area (Å²) in [6.07, 6.45) is 3.78. The second-order valence-corrected chi connectivity index (χ2v) is 7.83. The van der Waals surface area contributed by atoms with Crippen LogP contribution in [0.3, 0.4) is 0 Å². The average molecular weight is 463 g/mol. The summed E-state index contributed by atoms with van der Waals surface area (Å²) in [5.74, 6) is 1.39. The molecule has 3 aromatic rings. The van der Waals surface area contributed by atoms with Gasteiger partial charge in [-0.15, -0.1) is 0 Å². The minimum absolute atomic E-state index is 0.0708. The lowest BCUT2D eigenvalue weighted by Gasteiger charge is -2.22. The Bertz CT molecular complexity index is 1210. The first kappa shape index (κ1) is 22.4. The number of ether oxygens (including phenoxy) is 1. The van der Waals surface area contributed by atoms with E-state index in [4.69, 9.17) is 21.6 Å². The summed E-state index contributed by atoms with van der Waals surface area (Å²) in [5.41, 5.74) is 3.47. The molecule has 0 atom stereocenters. The number of hydrogen-bond acceptors (Lipinski definition) is 7. The second-order valence-electron chi connectivity index (χ2n) is 7.42. The fourth-order valence-corrected chi connectivity index (χ4v) is 3.87. The summed E-state index contributed by atoms with van der Waals surface area (Å²) in [6, 6.07) is 15.1. The highest BCUT2D eigenvalue weighted by molar-refractivity contribution is 6.32. The number of benzene rings is 2. The van der Waals surface area contributed by atoms with Crippen LogP contribution in [0.5, 0.6) is 5.75 Å². The van der Waals surface area contributed by atoms with E-state index >= 15 is 0 Å². The number of aromatic nitrogens is 2. The van der Waals surface area contributed by atoms with E-state index in [1.807, 2.05) is 48.2 Å². The van der Waals surface area contributed by atoms with Crippen molar-refractivity contribution in [1.29, 1.82) is 5.26 Å². The zero-order valence-electron chi connectivity index (χ0n) is 18.1. The van der Waals surface area contributed by atoms with Crippen LogP contribution >= 0.6 is 11.6 Å². The van der Waals surface area contributed by atoms with Crippen molar-refractivity contribution in [3.63, 3.8) is 0 Å². The number of aryl methyl sites for hydroxylation is 1. The van der Waals surface area contributed by atoms with Crippen LogP contribution < -0.4 is 20.3 Å². The monoisotopic (exact) mass is 462 g/mol. The molecule has 168 valence electrons. The lowest BCUT2D eigenvalue weighted by molar-refractivity contribution is -0.118. The number of nitrogens with one attached hydrogen (secondary N) is 2. The third-order valence-electron chi connectivity index (χ3n) is 5.26. The highest BCUT2D eigenvalue weighted by Crippen LogP contribution is 2.33. The van der Waals surface area contributed by atoms with Crippen LogP contribution in [0.2, 0.25) is 5.02 Å². The van der Waals surface area contributed by atoms with Crippen LogP contribution in [-0.2, 0) is 11.2 Å². The van der Waals surface area contributed by atoms with Crippen LogP contribution in [0.15, 0.2) is 48.7 Å². The lowest BCUT2D eigenvalue weighted by atomic mass is 10.1. The number of nitrogens with zero attached hydrogens (tertiary/aromatic N) is 4. The van der Waals surface area contributed by atoms with E-state index in [9.17, 15) is 4.79 Å². The number of amides is 1. The molecule has 1 aromatic heterocycles. The summed E-state index contributed by atoms with van der Waals surface area (Å²) < 4.78 is 5.46. The van der Waals surface area contributed by atoms with Gasteiger partial charge >= 0.3 is 0 Å². The molecule has 1 aliphatic heterocycles. The predicted molar refractivity (Wildman–Crippen MR) is 129 cm³/mol. The maximum Gasteiger partial charge on any atom is 0.229 e. The highest BCUT2D eigenvalue weighted by Gasteiger charge is 2.21. The van der Waals surface area contributed by atoms with Gasteiger partial charge in [0.2, 0.25) is 11.9 Å². The molecular weight excluding hydrogens is 440 g/mol. The number of anilines is 5. The van der Waals surface area contributed by atoms with E-state index in [-0.39, 0.29) is 12.5 Å². The van der Waals surface area contributed by atoms with Gasteiger partial charge in [0.15, 0.2) is 12.4 Å². The SMILES string of the molecule is CCN1C(=O)CCCc2ccc(Nc3ncc(Cl)c(Nc4ccccc4OCC#N)n3)cc21. The largest absolute Gasteiger partial charge is 0.477 e. The quantitative estimate of drug-likeness (QED) is 0.496. The van der Waals surface area contributed by atoms with Gasteiger partial charge in [0.1, 0.15) is 16.8 Å². The van der Waals surface area contributed by atoms with Crippen molar-refractivity contribution in [3.8, 4) is 11.8 Å². The van der Waals surface area contributed by atoms with Gasteiger partial charge in [-0.2, -0.15) is 10.2 Å². The van der Waals surface area contributed by atoms with Gasteiger partial charge in [0.05, 0.1) is 11.9 Å². The second kappa shape index (κ2) is 10.2. The molecule has 0 unspecified atom stereocenters. The van der Waals surface area contributed by atoms with Gasteiger partial charge in [-0.05, 0) is 49.6 Å². The van der Waals surface area contributed by atoms with E-state index < -0.39 is 0 Å². The van der Waals surface area contributed by atoms with E-state index in [0.29, 0.717) is 41.2 Å². The minimum atomic E-state index is -0.0708. The van der Waals surface area contributed by atoms with E-state index in [1.54, 1.807) is 12.1 Å². The number of nitriles is 1. The number of fused-ring (bicyclic) bond motifs is 1. The molecule has 0 aliphatic carbocycles. The summed E-state index contributed by atoms with van der Waals surface area (Å²) in [7, 11) is 0. The van der Waals surface area contributed by atoms with Crippen LogP contribution in [0.4, 0.5) is 28.8 Å². The summed E-state index contributed by atoms with van der Waals surface area (Å²) in [5, 5.41) is 15.5. The zero-order chi connectivity index (χ0) is 23.2. The van der Waals surface area contributed by atoms with Crippen molar-refractivity contribution in [2.45, 2.75) is 26.2 Å². The lowest BCUT2D eigenvalue weighted by Crippen LogP contribution is -2.29. The topological polar surface area (TPSA) is 103 Å². The van der Waals surface area contributed by atoms with Crippen LogP contribution in [-0.4, -0.2) is 29.0 Å². The van der Waals surface area contributed by atoms with Crippen LogP contribution in [0, 0.1) is 11.3 Å². The molecule has 0 radical (unpaired) electrons. The molecule has 4 rings (SSSR count). The Labute approximate surface area is 197 Å². The third-order valence-corrected chi connectivity index (χ3v) is 5.54. The van der Waals surface area contributed by atoms with Gasteiger partial charge < -0.3 is 20.3 Å². The number of hydrogen-bond donors (Lipinski definition) is 2. The molecule has 2 N–H and O–H groups in total. The summed E-state index contributed by atoms with van der Waals surface area (Å²) in [6.45, 7) is 2.53. The number of carbonyl (C=O) groups is 1. The molecule has 1 aliphatic rings. The Balaban J connectivity index is 1.58. The molecule has 0 saturated heterocycles. The van der Waals surface area contributed by atoms with Crippen molar-refractivity contribution < 1.29 is 9.53 Å². The third kappa shape index (κ3) is 5.16. The zero-order valence-corrected chi connectivity index (χ0v) is 18.9. The molecule has 9 heteroatoms. The van der Waals surface area contributed by atoms with Crippen molar-refractivity contribution in [3.05, 3.63) is 59.2 Å². The molecule has 0 bridgehead atoms. The molecular formula is C24H23ClN6O2. The van der Waals surface area contributed by atoms with Gasteiger partial charge in [-0.25, -0.2) is 4.98 Å². The molecule has 2 aromatic carbocycles. The van der Waals surface area contributed by atoms with Crippen LogP contribution in [0.1, 0.15) is 25.3 Å². The van der Waals surface area contributed by atoms with Crippen molar-refractivity contribution in [2.24, 2.45) is 0 Å². The Kier molecular flexibility index (Phi) is 6.91. The maximum absolute atomic E-state index is 12.5. The van der Waals surface area contributed by atoms with Gasteiger partial charge in [-0.3, -0.25) is 4.79 Å².